The van der Waals surface area contributed by atoms with Crippen LogP contribution in [0.1, 0.15) is 49.3 Å². The van der Waals surface area contributed by atoms with Gasteiger partial charge in [0.25, 0.3) is 0 Å². The fourth-order valence-electron chi connectivity index (χ4n) is 5.91. The first-order valence-electron chi connectivity index (χ1n) is 13.1. The Labute approximate surface area is 217 Å². The largest absolute Gasteiger partial charge is 0.573 e. The highest BCUT2D eigenvalue weighted by molar-refractivity contribution is 5.86. The molecule has 1 saturated carbocycles. The van der Waals surface area contributed by atoms with Crippen LogP contribution in [0.4, 0.5) is 19.0 Å². The van der Waals surface area contributed by atoms with Crippen molar-refractivity contribution in [2.24, 2.45) is 5.41 Å². The van der Waals surface area contributed by atoms with Gasteiger partial charge in [0.1, 0.15) is 23.0 Å². The van der Waals surface area contributed by atoms with Crippen molar-refractivity contribution < 1.29 is 22.4 Å². The smallest absolute Gasteiger partial charge is 0.405 e. The van der Waals surface area contributed by atoms with Gasteiger partial charge < -0.3 is 14.2 Å². The number of pyridine rings is 1. The van der Waals surface area contributed by atoms with Gasteiger partial charge in [0.05, 0.1) is 5.52 Å². The molecule has 2 aromatic heterocycles. The van der Waals surface area contributed by atoms with E-state index in [0.29, 0.717) is 11.3 Å². The van der Waals surface area contributed by atoms with Gasteiger partial charge in [0.15, 0.2) is 0 Å². The molecule has 0 atom stereocenters. The summed E-state index contributed by atoms with van der Waals surface area (Å²) in [6.07, 6.45) is 2.40. The molecule has 5 nitrogen and oxygen atoms in total. The number of aromatic nitrogens is 2. The summed E-state index contributed by atoms with van der Waals surface area (Å²) in [5, 5.41) is 5.41. The normalized spacial score (nSPS) is 18.9. The van der Waals surface area contributed by atoms with E-state index in [0.717, 1.165) is 78.8 Å². The molecule has 194 valence electrons. The highest BCUT2D eigenvalue weighted by atomic mass is 19.4. The predicted octanol–water partition coefficient (Wildman–Crippen LogP) is 7.74. The maximum atomic E-state index is 13.1. The minimum atomic E-state index is -4.78. The minimum Gasteiger partial charge on any atom is -0.405 e. The van der Waals surface area contributed by atoms with Crippen molar-refractivity contribution in [2.45, 2.75) is 44.4 Å². The first-order valence-corrected chi connectivity index (χ1v) is 13.1. The molecule has 38 heavy (non-hydrogen) atoms. The van der Waals surface area contributed by atoms with Gasteiger partial charge in [-0.05, 0) is 73.4 Å². The second kappa shape index (κ2) is 8.61. The van der Waals surface area contributed by atoms with Crippen LogP contribution in [-0.2, 0) is 0 Å². The van der Waals surface area contributed by atoms with E-state index in [1.54, 1.807) is 12.1 Å². The summed E-state index contributed by atoms with van der Waals surface area (Å²) in [7, 11) is 0. The highest BCUT2D eigenvalue weighted by Gasteiger charge is 2.44. The fourth-order valence-corrected chi connectivity index (χ4v) is 5.91. The van der Waals surface area contributed by atoms with Crippen LogP contribution in [-0.4, -0.2) is 29.6 Å². The molecule has 3 heterocycles. The molecule has 2 aliphatic carbocycles. The summed E-state index contributed by atoms with van der Waals surface area (Å²) in [6.45, 7) is 1.81. The van der Waals surface area contributed by atoms with Crippen molar-refractivity contribution in [3.05, 3.63) is 78.1 Å². The number of benzene rings is 2. The van der Waals surface area contributed by atoms with E-state index in [1.165, 1.54) is 12.1 Å². The first-order chi connectivity index (χ1) is 18.4. The number of ether oxygens (including phenoxy) is 1. The molecule has 0 radical (unpaired) electrons. The molecule has 0 N–H and O–H groups in total. The number of para-hydroxylation sites is 2. The van der Waals surface area contributed by atoms with Crippen LogP contribution >= 0.6 is 0 Å². The fraction of sp³-hybridized carbons (Fsp3) is 0.333. The van der Waals surface area contributed by atoms with Gasteiger partial charge >= 0.3 is 6.36 Å². The number of alkyl halides is 3. The van der Waals surface area contributed by atoms with Gasteiger partial charge in [-0.25, -0.2) is 4.98 Å². The number of hydrogen-bond acceptors (Lipinski definition) is 5. The van der Waals surface area contributed by atoms with Gasteiger partial charge in [0.2, 0.25) is 0 Å². The number of piperidine rings is 1. The van der Waals surface area contributed by atoms with E-state index in [2.05, 4.69) is 39.1 Å². The Balaban J connectivity index is 1.15. The molecule has 1 spiro atoms. The molecule has 2 fully saturated rings. The Bertz CT molecular complexity index is 1550. The Morgan fingerprint density at radius 3 is 2.45 bits per heavy atom. The zero-order valence-corrected chi connectivity index (χ0v) is 20.7. The Morgan fingerprint density at radius 2 is 1.68 bits per heavy atom. The topological polar surface area (TPSA) is 51.4 Å². The summed E-state index contributed by atoms with van der Waals surface area (Å²) < 4.78 is 49.4. The SMILES string of the molecule is FC(F)(F)Oc1ccccc1-c1noc(C2CC2)c1C1=CC2(CCN(c3ccc4ccccc4n3)CC2)C1. The molecule has 3 aliphatic rings. The third-order valence-electron chi connectivity index (χ3n) is 8.05. The maximum absolute atomic E-state index is 13.1. The molecule has 0 bridgehead atoms. The van der Waals surface area contributed by atoms with Gasteiger partial charge in [0, 0.05) is 35.5 Å². The van der Waals surface area contributed by atoms with Gasteiger partial charge in [-0.2, -0.15) is 0 Å². The summed E-state index contributed by atoms with van der Waals surface area (Å²) in [5.41, 5.74) is 3.79. The van der Waals surface area contributed by atoms with Crippen LogP contribution in [0.2, 0.25) is 0 Å². The molecule has 8 heteroatoms. The summed E-state index contributed by atoms with van der Waals surface area (Å²) in [5.74, 6) is 1.81. The number of anilines is 1. The highest BCUT2D eigenvalue weighted by Crippen LogP contribution is 2.56. The number of halogens is 3. The van der Waals surface area contributed by atoms with Crippen molar-refractivity contribution in [2.75, 3.05) is 18.0 Å². The molecular weight excluding hydrogens is 491 g/mol. The molecule has 1 aliphatic heterocycles. The van der Waals surface area contributed by atoms with Crippen LogP contribution in [0.5, 0.6) is 5.75 Å². The second-order valence-electron chi connectivity index (χ2n) is 10.6. The molecule has 2 aromatic carbocycles. The summed E-state index contributed by atoms with van der Waals surface area (Å²) in [6, 6.07) is 18.5. The van der Waals surface area contributed by atoms with Crippen LogP contribution in [0.15, 0.2) is 71.3 Å². The predicted molar refractivity (Wildman–Crippen MR) is 139 cm³/mol. The Kier molecular flexibility index (Phi) is 5.29. The lowest BCUT2D eigenvalue weighted by Gasteiger charge is -2.46. The standard InChI is InChI=1S/C30H26F3N3O2/c31-30(32,33)37-24-8-4-2-6-22(24)27-26(28(38-35-27)20-9-10-20)21-17-29(18-21)13-15-36(16-14-29)25-12-11-19-5-1-3-7-23(19)34-25/h1-8,11-12,17,20H,9-10,13-16,18H2. The number of fused-ring (bicyclic) bond motifs is 1. The van der Waals surface area contributed by atoms with Crippen molar-refractivity contribution in [3.63, 3.8) is 0 Å². The second-order valence-corrected chi connectivity index (χ2v) is 10.6. The zero-order valence-electron chi connectivity index (χ0n) is 20.7. The molecule has 7 rings (SSSR count). The minimum absolute atomic E-state index is 0.0834. The average molecular weight is 518 g/mol. The Hall–Kier alpha value is -3.81. The lowest BCUT2D eigenvalue weighted by molar-refractivity contribution is -0.274. The van der Waals surface area contributed by atoms with E-state index < -0.39 is 6.36 Å². The molecule has 0 unspecified atom stereocenters. The monoisotopic (exact) mass is 517 g/mol. The zero-order chi connectivity index (χ0) is 25.9. The van der Waals surface area contributed by atoms with Gasteiger partial charge in [-0.1, -0.05) is 41.6 Å². The molecule has 4 aromatic rings. The van der Waals surface area contributed by atoms with Crippen LogP contribution in [0.3, 0.4) is 0 Å². The number of nitrogens with zero attached hydrogens (tertiary/aromatic N) is 3. The Morgan fingerprint density at radius 1 is 0.947 bits per heavy atom. The third-order valence-corrected chi connectivity index (χ3v) is 8.05. The lowest BCUT2D eigenvalue weighted by atomic mass is 9.63. The van der Waals surface area contributed by atoms with E-state index in [4.69, 9.17) is 9.51 Å². The summed E-state index contributed by atoms with van der Waals surface area (Å²) >= 11 is 0. The van der Waals surface area contributed by atoms with E-state index >= 15 is 0 Å². The number of rotatable bonds is 5. The van der Waals surface area contributed by atoms with Crippen LogP contribution in [0.25, 0.3) is 27.7 Å². The quantitative estimate of drug-likeness (QED) is 0.271. The number of allylic oxidation sites excluding steroid dienone is 2. The van der Waals surface area contributed by atoms with Crippen LogP contribution in [0, 0.1) is 5.41 Å². The molecular formula is C30H26F3N3O2. The van der Waals surface area contributed by atoms with Gasteiger partial charge in [-0.3, -0.25) is 0 Å². The van der Waals surface area contributed by atoms with Gasteiger partial charge in [-0.15, -0.1) is 13.2 Å². The summed E-state index contributed by atoms with van der Waals surface area (Å²) in [4.78, 5) is 7.20. The van der Waals surface area contributed by atoms with E-state index in [1.807, 2.05) is 18.2 Å². The third kappa shape index (κ3) is 4.22. The van der Waals surface area contributed by atoms with Crippen LogP contribution < -0.4 is 9.64 Å². The van der Waals surface area contributed by atoms with E-state index in [9.17, 15) is 13.2 Å². The average Bonchev–Trinajstić information content (AvgIpc) is 3.65. The van der Waals surface area contributed by atoms with Crippen molar-refractivity contribution in [1.82, 2.24) is 10.1 Å². The molecule has 0 amide bonds. The maximum Gasteiger partial charge on any atom is 0.573 e. The van der Waals surface area contributed by atoms with E-state index in [-0.39, 0.29) is 17.1 Å². The van der Waals surface area contributed by atoms with Crippen molar-refractivity contribution >= 4 is 22.3 Å². The van der Waals surface area contributed by atoms with Crippen molar-refractivity contribution in [1.29, 1.82) is 0 Å². The first kappa shape index (κ1) is 23.3. The number of hydrogen-bond donors (Lipinski definition) is 0. The molecule has 1 saturated heterocycles. The lowest BCUT2D eigenvalue weighted by Crippen LogP contribution is -2.42. The van der Waals surface area contributed by atoms with Crippen molar-refractivity contribution in [3.8, 4) is 17.0 Å².